The summed E-state index contributed by atoms with van der Waals surface area (Å²) >= 11 is 3.54. The lowest BCUT2D eigenvalue weighted by Gasteiger charge is -2.43. The number of nitrogens with one attached hydrogen (secondary N) is 1. The Morgan fingerprint density at radius 1 is 1.48 bits per heavy atom. The molecule has 2 heterocycles. The third kappa shape index (κ3) is 4.41. The molecule has 4 nitrogen and oxygen atoms in total. The van der Waals surface area contributed by atoms with Gasteiger partial charge in [0, 0.05) is 29.3 Å². The number of halogens is 1. The lowest BCUT2D eigenvalue weighted by Crippen LogP contribution is -2.54. The Bertz CT molecular complexity index is 477. The topological polar surface area (TPSA) is 37.4 Å². The number of hydrogen-bond acceptors (Lipinski definition) is 4. The lowest BCUT2D eigenvalue weighted by atomic mass is 10.0. The minimum Gasteiger partial charge on any atom is -0.377 e. The molecule has 1 aliphatic heterocycles. The van der Waals surface area contributed by atoms with Crippen LogP contribution in [0.15, 0.2) is 16.7 Å². The first-order valence-corrected chi connectivity index (χ1v) is 8.40. The zero-order chi connectivity index (χ0) is 15.5. The summed E-state index contributed by atoms with van der Waals surface area (Å²) in [6.45, 7) is 13.1. The molecule has 0 unspecified atom stereocenters. The van der Waals surface area contributed by atoms with Crippen LogP contribution in [0.4, 0.5) is 5.82 Å². The van der Waals surface area contributed by atoms with E-state index >= 15 is 0 Å². The normalized spacial score (nSPS) is 18.3. The molecule has 1 N–H and O–H groups in total. The molecule has 2 rings (SSSR count). The van der Waals surface area contributed by atoms with Crippen molar-refractivity contribution in [2.24, 2.45) is 5.92 Å². The number of aromatic nitrogens is 1. The summed E-state index contributed by atoms with van der Waals surface area (Å²) in [5.41, 5.74) is 1.21. The largest absolute Gasteiger partial charge is 0.377 e. The van der Waals surface area contributed by atoms with Crippen LogP contribution in [-0.2, 0) is 11.3 Å². The molecular weight excluding hydrogens is 330 g/mol. The van der Waals surface area contributed by atoms with Crippen molar-refractivity contribution in [3.8, 4) is 0 Å². The highest BCUT2D eigenvalue weighted by atomic mass is 79.9. The Kier molecular flexibility index (Phi) is 5.63. The maximum Gasteiger partial charge on any atom is 0.133 e. The van der Waals surface area contributed by atoms with E-state index < -0.39 is 0 Å². The summed E-state index contributed by atoms with van der Waals surface area (Å²) in [5.74, 6) is 1.72. The highest BCUT2D eigenvalue weighted by molar-refractivity contribution is 9.10. The third-order valence-electron chi connectivity index (χ3n) is 3.68. The predicted octanol–water partition coefficient (Wildman–Crippen LogP) is 3.20. The first-order valence-electron chi connectivity index (χ1n) is 7.60. The van der Waals surface area contributed by atoms with E-state index in [2.05, 4.69) is 64.9 Å². The van der Waals surface area contributed by atoms with Crippen molar-refractivity contribution in [1.29, 1.82) is 0 Å². The average molecular weight is 356 g/mol. The molecule has 1 fully saturated rings. The zero-order valence-corrected chi connectivity index (χ0v) is 15.0. The van der Waals surface area contributed by atoms with E-state index in [4.69, 9.17) is 4.74 Å². The van der Waals surface area contributed by atoms with E-state index in [1.165, 1.54) is 5.56 Å². The summed E-state index contributed by atoms with van der Waals surface area (Å²) in [4.78, 5) is 7.05. The zero-order valence-electron chi connectivity index (χ0n) is 13.4. The van der Waals surface area contributed by atoms with E-state index in [-0.39, 0.29) is 5.54 Å². The Morgan fingerprint density at radius 2 is 2.24 bits per heavy atom. The number of rotatable bonds is 5. The van der Waals surface area contributed by atoms with Crippen molar-refractivity contribution in [2.45, 2.75) is 39.8 Å². The van der Waals surface area contributed by atoms with Gasteiger partial charge in [0.15, 0.2) is 0 Å². The number of hydrogen-bond donors (Lipinski definition) is 1. The van der Waals surface area contributed by atoms with Crippen LogP contribution in [0.3, 0.4) is 0 Å². The van der Waals surface area contributed by atoms with Crippen LogP contribution in [0.25, 0.3) is 0 Å². The first kappa shape index (κ1) is 16.7. The summed E-state index contributed by atoms with van der Waals surface area (Å²) in [6.07, 6.45) is 1.88. The number of anilines is 1. The summed E-state index contributed by atoms with van der Waals surface area (Å²) in [5, 5.41) is 3.52. The van der Waals surface area contributed by atoms with Crippen LogP contribution in [0.1, 0.15) is 33.3 Å². The van der Waals surface area contributed by atoms with Crippen molar-refractivity contribution in [3.05, 3.63) is 22.3 Å². The smallest absolute Gasteiger partial charge is 0.133 e. The SMILES string of the molecule is CC(C)CNCc1cc(Br)cnc1N1CCOCC1(C)C. The quantitative estimate of drug-likeness (QED) is 0.879. The molecule has 1 saturated heterocycles. The number of ether oxygens (including phenoxy) is 1. The minimum atomic E-state index is -0.0219. The fourth-order valence-electron chi connectivity index (χ4n) is 2.59. The molecule has 0 amide bonds. The second kappa shape index (κ2) is 7.07. The van der Waals surface area contributed by atoms with Crippen molar-refractivity contribution >= 4 is 21.7 Å². The van der Waals surface area contributed by atoms with Gasteiger partial charge in [0.05, 0.1) is 18.8 Å². The van der Waals surface area contributed by atoms with Gasteiger partial charge in [-0.2, -0.15) is 0 Å². The Labute approximate surface area is 136 Å². The van der Waals surface area contributed by atoms with Gasteiger partial charge >= 0.3 is 0 Å². The Balaban J connectivity index is 2.21. The fourth-order valence-corrected chi connectivity index (χ4v) is 2.97. The van der Waals surface area contributed by atoms with Gasteiger partial charge in [-0.1, -0.05) is 13.8 Å². The van der Waals surface area contributed by atoms with Crippen LogP contribution < -0.4 is 10.2 Å². The van der Waals surface area contributed by atoms with Crippen LogP contribution in [0, 0.1) is 5.92 Å². The van der Waals surface area contributed by atoms with Gasteiger partial charge in [0.2, 0.25) is 0 Å². The van der Waals surface area contributed by atoms with E-state index in [9.17, 15) is 0 Å². The molecule has 0 atom stereocenters. The van der Waals surface area contributed by atoms with Crippen molar-refractivity contribution < 1.29 is 4.74 Å². The standard InChI is InChI=1S/C16H26BrN3O/c1-12(2)8-18-9-13-7-14(17)10-19-15(13)20-5-6-21-11-16(20,3)4/h7,10,12,18H,5-6,8-9,11H2,1-4H3. The van der Waals surface area contributed by atoms with E-state index in [0.29, 0.717) is 5.92 Å². The fraction of sp³-hybridized carbons (Fsp3) is 0.688. The highest BCUT2D eigenvalue weighted by Crippen LogP contribution is 2.29. The van der Waals surface area contributed by atoms with E-state index in [0.717, 1.165) is 43.1 Å². The predicted molar refractivity (Wildman–Crippen MR) is 90.7 cm³/mol. The maximum absolute atomic E-state index is 5.62. The van der Waals surface area contributed by atoms with Crippen LogP contribution in [0.5, 0.6) is 0 Å². The number of pyridine rings is 1. The summed E-state index contributed by atoms with van der Waals surface area (Å²) in [7, 11) is 0. The number of morpholine rings is 1. The van der Waals surface area contributed by atoms with Crippen LogP contribution >= 0.6 is 15.9 Å². The highest BCUT2D eigenvalue weighted by Gasteiger charge is 2.32. The molecule has 0 aliphatic carbocycles. The molecular formula is C16H26BrN3O. The molecule has 0 spiro atoms. The Morgan fingerprint density at radius 3 is 2.90 bits per heavy atom. The lowest BCUT2D eigenvalue weighted by molar-refractivity contribution is 0.0638. The van der Waals surface area contributed by atoms with Gasteiger partial charge in [-0.3, -0.25) is 0 Å². The Hall–Kier alpha value is -0.650. The van der Waals surface area contributed by atoms with E-state index in [1.807, 2.05) is 6.20 Å². The van der Waals surface area contributed by atoms with Gasteiger partial charge in [-0.15, -0.1) is 0 Å². The second-order valence-corrected chi connectivity index (χ2v) is 7.59. The van der Waals surface area contributed by atoms with Gasteiger partial charge in [-0.25, -0.2) is 4.98 Å². The first-order chi connectivity index (χ1) is 9.90. The van der Waals surface area contributed by atoms with Crippen molar-refractivity contribution in [1.82, 2.24) is 10.3 Å². The molecule has 1 aliphatic rings. The maximum atomic E-state index is 5.62. The molecule has 1 aromatic rings. The molecule has 118 valence electrons. The van der Waals surface area contributed by atoms with Crippen molar-refractivity contribution in [3.63, 3.8) is 0 Å². The van der Waals surface area contributed by atoms with E-state index in [1.54, 1.807) is 0 Å². The molecule has 0 aromatic carbocycles. The van der Waals surface area contributed by atoms with Crippen molar-refractivity contribution in [2.75, 3.05) is 31.2 Å². The summed E-state index contributed by atoms with van der Waals surface area (Å²) < 4.78 is 6.64. The van der Waals surface area contributed by atoms with Crippen LogP contribution in [-0.4, -0.2) is 36.8 Å². The molecule has 0 radical (unpaired) electrons. The van der Waals surface area contributed by atoms with Gasteiger partial charge < -0.3 is 15.0 Å². The van der Waals surface area contributed by atoms with Gasteiger partial charge in [0.25, 0.3) is 0 Å². The summed E-state index contributed by atoms with van der Waals surface area (Å²) in [6, 6.07) is 2.17. The molecule has 0 saturated carbocycles. The molecule has 0 bridgehead atoms. The van der Waals surface area contributed by atoms with Crippen LogP contribution in [0.2, 0.25) is 0 Å². The molecule has 1 aromatic heterocycles. The van der Waals surface area contributed by atoms with Gasteiger partial charge in [-0.05, 0) is 48.3 Å². The molecule has 5 heteroatoms. The number of nitrogens with zero attached hydrogens (tertiary/aromatic N) is 2. The monoisotopic (exact) mass is 355 g/mol. The van der Waals surface area contributed by atoms with Gasteiger partial charge in [0.1, 0.15) is 5.82 Å². The second-order valence-electron chi connectivity index (χ2n) is 6.68. The minimum absolute atomic E-state index is 0.0219. The third-order valence-corrected chi connectivity index (χ3v) is 4.11. The average Bonchev–Trinajstić information content (AvgIpc) is 2.39. The molecule has 21 heavy (non-hydrogen) atoms.